The van der Waals surface area contributed by atoms with Crippen LogP contribution in [0.25, 0.3) is 0 Å². The highest BCUT2D eigenvalue weighted by atomic mass is 19.1. The van der Waals surface area contributed by atoms with Crippen LogP contribution in [0.15, 0.2) is 12.1 Å². The number of nitrogens with two attached hydrogens (primary N) is 1. The van der Waals surface area contributed by atoms with E-state index in [2.05, 4.69) is 0 Å². The number of amides is 1. The number of carbonyl (C=O) groups is 1. The van der Waals surface area contributed by atoms with Crippen molar-refractivity contribution in [2.24, 2.45) is 5.73 Å². The van der Waals surface area contributed by atoms with Crippen molar-refractivity contribution in [2.45, 2.75) is 25.8 Å². The summed E-state index contributed by atoms with van der Waals surface area (Å²) in [4.78, 5) is 24.3. The lowest BCUT2D eigenvalue weighted by Gasteiger charge is -2.30. The van der Waals surface area contributed by atoms with Crippen LogP contribution in [0, 0.1) is 22.9 Å². The summed E-state index contributed by atoms with van der Waals surface area (Å²) in [5.41, 5.74) is 5.38. The maximum atomic E-state index is 13.4. The third-order valence-corrected chi connectivity index (χ3v) is 3.51. The number of hydrogen-bond donors (Lipinski definition) is 1. The summed E-state index contributed by atoms with van der Waals surface area (Å²) < 4.78 is 13.4. The number of hydrogen-bond acceptors (Lipinski definition) is 4. The van der Waals surface area contributed by atoms with Crippen LogP contribution in [-0.2, 0) is 0 Å². The van der Waals surface area contributed by atoms with Gasteiger partial charge < -0.3 is 10.6 Å². The van der Waals surface area contributed by atoms with Gasteiger partial charge in [0.25, 0.3) is 11.6 Å². The number of carbonyl (C=O) groups excluding carboxylic acids is 1. The molecule has 20 heavy (non-hydrogen) atoms. The first-order chi connectivity index (χ1) is 9.40. The number of nitro groups is 1. The zero-order valence-electron chi connectivity index (χ0n) is 11.1. The van der Waals surface area contributed by atoms with Crippen molar-refractivity contribution in [2.75, 3.05) is 13.1 Å². The average molecular weight is 281 g/mol. The van der Waals surface area contributed by atoms with Gasteiger partial charge in [-0.25, -0.2) is 4.39 Å². The zero-order valence-corrected chi connectivity index (χ0v) is 11.1. The lowest BCUT2D eigenvalue weighted by Crippen LogP contribution is -2.43. The van der Waals surface area contributed by atoms with Crippen molar-refractivity contribution in [3.05, 3.63) is 39.2 Å². The van der Waals surface area contributed by atoms with Crippen LogP contribution in [0.3, 0.4) is 0 Å². The van der Waals surface area contributed by atoms with Crippen LogP contribution < -0.4 is 5.73 Å². The van der Waals surface area contributed by atoms with Crippen molar-refractivity contribution in [3.8, 4) is 0 Å². The highest BCUT2D eigenvalue weighted by Crippen LogP contribution is 2.26. The van der Waals surface area contributed by atoms with Gasteiger partial charge in [-0.3, -0.25) is 14.9 Å². The highest BCUT2D eigenvalue weighted by Gasteiger charge is 2.29. The molecule has 1 aromatic carbocycles. The highest BCUT2D eigenvalue weighted by molar-refractivity contribution is 5.98. The van der Waals surface area contributed by atoms with Crippen LogP contribution in [0.5, 0.6) is 0 Å². The SMILES string of the molecule is Cc1cc(F)cc(C(=O)N2CCC(N)CC2)c1[N+](=O)[O-]. The van der Waals surface area contributed by atoms with E-state index in [1.165, 1.54) is 11.8 Å². The van der Waals surface area contributed by atoms with E-state index in [0.717, 1.165) is 12.1 Å². The maximum Gasteiger partial charge on any atom is 0.285 e. The third kappa shape index (κ3) is 2.77. The van der Waals surface area contributed by atoms with E-state index in [-0.39, 0.29) is 22.9 Å². The average Bonchev–Trinajstić information content (AvgIpc) is 2.37. The molecule has 0 unspecified atom stereocenters. The second-order valence-corrected chi connectivity index (χ2v) is 5.01. The summed E-state index contributed by atoms with van der Waals surface area (Å²) in [6, 6.07) is 2.03. The molecule has 1 saturated heterocycles. The van der Waals surface area contributed by atoms with Crippen LogP contribution in [0.1, 0.15) is 28.8 Å². The number of rotatable bonds is 2. The molecule has 6 nitrogen and oxygen atoms in total. The monoisotopic (exact) mass is 281 g/mol. The summed E-state index contributed by atoms with van der Waals surface area (Å²) in [5.74, 6) is -1.16. The van der Waals surface area contributed by atoms with Crippen molar-refractivity contribution >= 4 is 11.6 Å². The van der Waals surface area contributed by atoms with Gasteiger partial charge in [0.05, 0.1) is 4.92 Å². The van der Waals surface area contributed by atoms with Crippen LogP contribution >= 0.6 is 0 Å². The number of halogens is 1. The molecule has 0 radical (unpaired) electrons. The largest absolute Gasteiger partial charge is 0.338 e. The van der Waals surface area contributed by atoms with E-state index >= 15 is 0 Å². The number of aryl methyl sites for hydroxylation is 1. The molecule has 0 bridgehead atoms. The van der Waals surface area contributed by atoms with E-state index in [1.807, 2.05) is 0 Å². The van der Waals surface area contributed by atoms with Crippen molar-refractivity contribution < 1.29 is 14.1 Å². The van der Waals surface area contributed by atoms with E-state index in [0.29, 0.717) is 25.9 Å². The minimum Gasteiger partial charge on any atom is -0.338 e. The van der Waals surface area contributed by atoms with E-state index < -0.39 is 16.6 Å². The molecule has 1 aliphatic heterocycles. The molecule has 0 saturated carbocycles. The van der Waals surface area contributed by atoms with Gasteiger partial charge >= 0.3 is 0 Å². The molecular weight excluding hydrogens is 265 g/mol. The Morgan fingerprint density at radius 1 is 1.45 bits per heavy atom. The van der Waals surface area contributed by atoms with Crippen molar-refractivity contribution in [3.63, 3.8) is 0 Å². The van der Waals surface area contributed by atoms with Gasteiger partial charge in [-0.2, -0.15) is 0 Å². The Labute approximate surface area is 115 Å². The molecule has 1 amide bonds. The molecule has 7 heteroatoms. The third-order valence-electron chi connectivity index (χ3n) is 3.51. The Bertz CT molecular complexity index is 554. The van der Waals surface area contributed by atoms with Crippen LogP contribution in [0.2, 0.25) is 0 Å². The predicted molar refractivity (Wildman–Crippen MR) is 70.9 cm³/mol. The van der Waals surface area contributed by atoms with Crippen molar-refractivity contribution in [1.29, 1.82) is 0 Å². The van der Waals surface area contributed by atoms with E-state index in [1.54, 1.807) is 0 Å². The Hall–Kier alpha value is -2.02. The normalized spacial score (nSPS) is 16.2. The molecule has 0 aliphatic carbocycles. The molecule has 1 heterocycles. The Morgan fingerprint density at radius 2 is 2.05 bits per heavy atom. The second kappa shape index (κ2) is 5.54. The molecule has 1 aromatic rings. The van der Waals surface area contributed by atoms with E-state index in [9.17, 15) is 19.3 Å². The summed E-state index contributed by atoms with van der Waals surface area (Å²) in [6.45, 7) is 2.30. The van der Waals surface area contributed by atoms with Gasteiger partial charge in [0, 0.05) is 24.7 Å². The van der Waals surface area contributed by atoms with Gasteiger partial charge in [-0.1, -0.05) is 0 Å². The number of benzene rings is 1. The summed E-state index contributed by atoms with van der Waals surface area (Å²) in [5, 5.41) is 11.1. The molecular formula is C13H16FN3O3. The predicted octanol–water partition coefficient (Wildman–Crippen LogP) is 1.61. The molecule has 2 N–H and O–H groups in total. The zero-order chi connectivity index (χ0) is 14.9. The molecule has 2 rings (SSSR count). The molecule has 0 aromatic heterocycles. The first kappa shape index (κ1) is 14.4. The van der Waals surface area contributed by atoms with Gasteiger partial charge in [0.2, 0.25) is 0 Å². The number of likely N-dealkylation sites (tertiary alicyclic amines) is 1. The number of nitrogens with zero attached hydrogens (tertiary/aromatic N) is 2. The molecule has 108 valence electrons. The van der Waals surface area contributed by atoms with Gasteiger partial charge in [-0.05, 0) is 31.9 Å². The van der Waals surface area contributed by atoms with Gasteiger partial charge in [0.15, 0.2) is 0 Å². The maximum absolute atomic E-state index is 13.4. The quantitative estimate of drug-likeness (QED) is 0.658. The minimum absolute atomic E-state index is 0.0447. The Morgan fingerprint density at radius 3 is 2.60 bits per heavy atom. The van der Waals surface area contributed by atoms with Crippen LogP contribution in [0.4, 0.5) is 10.1 Å². The number of piperidine rings is 1. The van der Waals surface area contributed by atoms with Gasteiger partial charge in [-0.15, -0.1) is 0 Å². The fraction of sp³-hybridized carbons (Fsp3) is 0.462. The first-order valence-corrected chi connectivity index (χ1v) is 6.39. The first-order valence-electron chi connectivity index (χ1n) is 6.39. The summed E-state index contributed by atoms with van der Waals surface area (Å²) >= 11 is 0. The molecule has 0 spiro atoms. The minimum atomic E-state index is -0.648. The standard InChI is InChI=1S/C13H16FN3O3/c1-8-6-9(14)7-11(12(8)17(19)20)13(18)16-4-2-10(15)3-5-16/h6-7,10H,2-5,15H2,1H3. The smallest absolute Gasteiger partial charge is 0.285 e. The van der Waals surface area contributed by atoms with Gasteiger partial charge in [0.1, 0.15) is 11.4 Å². The van der Waals surface area contributed by atoms with Crippen LogP contribution in [-0.4, -0.2) is 34.9 Å². The second-order valence-electron chi connectivity index (χ2n) is 5.01. The molecule has 0 atom stereocenters. The summed E-state index contributed by atoms with van der Waals surface area (Å²) in [6.07, 6.45) is 1.29. The lowest BCUT2D eigenvalue weighted by molar-refractivity contribution is -0.385. The Kier molecular flexibility index (Phi) is 3.99. The molecule has 1 fully saturated rings. The molecule has 1 aliphatic rings. The lowest BCUT2D eigenvalue weighted by atomic mass is 10.0. The Balaban J connectivity index is 2.36. The fourth-order valence-corrected chi connectivity index (χ4v) is 2.41. The summed E-state index contributed by atoms with van der Waals surface area (Å²) in [7, 11) is 0. The topological polar surface area (TPSA) is 89.5 Å². The number of nitro benzene ring substituents is 1. The fourth-order valence-electron chi connectivity index (χ4n) is 2.41. The van der Waals surface area contributed by atoms with Crippen molar-refractivity contribution in [1.82, 2.24) is 4.90 Å². The van der Waals surface area contributed by atoms with E-state index in [4.69, 9.17) is 5.73 Å².